The molecule has 0 aliphatic carbocycles. The second-order valence-corrected chi connectivity index (χ2v) is 8.79. The molecule has 1 fully saturated rings. The molecule has 1 N–H and O–H groups in total. The molecule has 1 unspecified atom stereocenters. The number of ketones is 1. The second-order valence-electron chi connectivity index (χ2n) is 7.81. The highest BCUT2D eigenvalue weighted by molar-refractivity contribution is 7.17. The average Bonchev–Trinajstić information content (AvgIpc) is 3.36. The molecule has 1 amide bonds. The van der Waals surface area contributed by atoms with Gasteiger partial charge >= 0.3 is 11.9 Å². The summed E-state index contributed by atoms with van der Waals surface area (Å²) in [4.78, 5) is 44.7. The smallest absolute Gasteiger partial charge is 0.350 e. The zero-order valence-corrected chi connectivity index (χ0v) is 20.6. The van der Waals surface area contributed by atoms with E-state index < -0.39 is 35.3 Å². The first-order chi connectivity index (χ1) is 17.3. The first-order valence-electron chi connectivity index (χ1n) is 11.2. The maximum Gasteiger partial charge on any atom is 0.350 e. The summed E-state index contributed by atoms with van der Waals surface area (Å²) < 4.78 is 24.2. The van der Waals surface area contributed by atoms with Crippen molar-refractivity contribution in [3.63, 3.8) is 0 Å². The fraction of sp³-hybridized carbons (Fsp3) is 0.231. The van der Waals surface area contributed by atoms with Gasteiger partial charge in [0, 0.05) is 5.56 Å². The number of rotatable bonds is 7. The fourth-order valence-electron chi connectivity index (χ4n) is 3.92. The summed E-state index contributed by atoms with van der Waals surface area (Å²) in [6.45, 7) is 5.66. The summed E-state index contributed by atoms with van der Waals surface area (Å²) in [5.41, 5.74) is 0.804. The van der Waals surface area contributed by atoms with E-state index in [0.717, 1.165) is 28.4 Å². The van der Waals surface area contributed by atoms with E-state index in [1.54, 1.807) is 38.1 Å². The minimum atomic E-state index is -1.07. The first kappa shape index (κ1) is 25.1. The number of anilines is 1. The summed E-state index contributed by atoms with van der Waals surface area (Å²) in [5.74, 6) is -2.91. The van der Waals surface area contributed by atoms with Gasteiger partial charge in [-0.2, -0.15) is 0 Å². The normalized spacial score (nSPS) is 16.9. The number of aliphatic hydroxyl groups is 1. The van der Waals surface area contributed by atoms with Crippen LogP contribution < -0.4 is 9.64 Å². The predicted octanol–water partition coefficient (Wildman–Crippen LogP) is 4.79. The Morgan fingerprint density at radius 1 is 1.14 bits per heavy atom. The second kappa shape index (κ2) is 10.3. The Labute approximate surface area is 210 Å². The van der Waals surface area contributed by atoms with Crippen LogP contribution in [-0.4, -0.2) is 41.0 Å². The van der Waals surface area contributed by atoms with E-state index in [9.17, 15) is 23.9 Å². The van der Waals surface area contributed by atoms with Crippen LogP contribution in [0.25, 0.3) is 5.76 Å². The van der Waals surface area contributed by atoms with E-state index in [0.29, 0.717) is 23.6 Å². The minimum absolute atomic E-state index is 0.0997. The number of amides is 1. The number of benzene rings is 2. The number of aryl methyl sites for hydroxylation is 1. The molecule has 0 bridgehead atoms. The van der Waals surface area contributed by atoms with Gasteiger partial charge in [0.2, 0.25) is 0 Å². The van der Waals surface area contributed by atoms with E-state index >= 15 is 0 Å². The topological polar surface area (TPSA) is 106 Å². The van der Waals surface area contributed by atoms with Crippen molar-refractivity contribution in [2.75, 3.05) is 18.1 Å². The van der Waals surface area contributed by atoms with Gasteiger partial charge in [0.05, 0.1) is 30.5 Å². The van der Waals surface area contributed by atoms with Crippen LogP contribution in [0.2, 0.25) is 0 Å². The lowest BCUT2D eigenvalue weighted by Gasteiger charge is -2.23. The number of Topliss-reactive ketones (excluding diaryl/α,β-unsaturated/α-hetero) is 1. The number of thiazole rings is 1. The molecule has 8 nitrogen and oxygen atoms in total. The molecule has 4 rings (SSSR count). The fourth-order valence-corrected chi connectivity index (χ4v) is 4.91. The summed E-state index contributed by atoms with van der Waals surface area (Å²) in [6, 6.07) is 10.6. The van der Waals surface area contributed by atoms with E-state index in [2.05, 4.69) is 4.98 Å². The van der Waals surface area contributed by atoms with Crippen LogP contribution in [0.3, 0.4) is 0 Å². The van der Waals surface area contributed by atoms with Crippen LogP contribution in [0.1, 0.15) is 46.4 Å². The lowest BCUT2D eigenvalue weighted by Crippen LogP contribution is -2.29. The van der Waals surface area contributed by atoms with Crippen LogP contribution in [0.4, 0.5) is 9.52 Å². The molecular formula is C26H23FN2O6S. The summed E-state index contributed by atoms with van der Waals surface area (Å²) in [6.07, 6.45) is 0. The number of hydrogen-bond donors (Lipinski definition) is 1. The van der Waals surface area contributed by atoms with Crippen molar-refractivity contribution in [3.05, 3.63) is 81.6 Å². The van der Waals surface area contributed by atoms with Crippen molar-refractivity contribution in [1.82, 2.24) is 4.98 Å². The van der Waals surface area contributed by atoms with Crippen molar-refractivity contribution >= 4 is 39.9 Å². The number of halogens is 1. The zero-order chi connectivity index (χ0) is 26.0. The van der Waals surface area contributed by atoms with Crippen molar-refractivity contribution in [2.24, 2.45) is 0 Å². The molecule has 0 spiro atoms. The van der Waals surface area contributed by atoms with E-state index in [-0.39, 0.29) is 27.8 Å². The lowest BCUT2D eigenvalue weighted by molar-refractivity contribution is -0.132. The number of carbonyl (C=O) groups excluding carboxylic acids is 3. The molecule has 10 heteroatoms. The van der Waals surface area contributed by atoms with Gasteiger partial charge in [0.15, 0.2) is 5.13 Å². The molecule has 0 radical (unpaired) electrons. The minimum Gasteiger partial charge on any atom is -0.507 e. The third-order valence-corrected chi connectivity index (χ3v) is 6.64. The van der Waals surface area contributed by atoms with Gasteiger partial charge in [-0.3, -0.25) is 14.5 Å². The van der Waals surface area contributed by atoms with Crippen molar-refractivity contribution in [3.8, 4) is 5.75 Å². The van der Waals surface area contributed by atoms with Crippen LogP contribution in [-0.2, 0) is 14.3 Å². The number of carbonyl (C=O) groups is 3. The molecule has 0 saturated carbocycles. The predicted molar refractivity (Wildman–Crippen MR) is 132 cm³/mol. The van der Waals surface area contributed by atoms with E-state index in [4.69, 9.17) is 9.47 Å². The number of aromatic nitrogens is 1. The number of ether oxygens (including phenoxy) is 2. The molecule has 2 aromatic carbocycles. The zero-order valence-electron chi connectivity index (χ0n) is 19.8. The molecule has 36 heavy (non-hydrogen) atoms. The Balaban J connectivity index is 1.91. The molecule has 1 saturated heterocycles. The largest absolute Gasteiger partial charge is 0.507 e. The van der Waals surface area contributed by atoms with E-state index in [1.807, 2.05) is 6.92 Å². The molecular weight excluding hydrogens is 487 g/mol. The van der Waals surface area contributed by atoms with E-state index in [1.165, 1.54) is 12.1 Å². The third-order valence-electron chi connectivity index (χ3n) is 5.50. The van der Waals surface area contributed by atoms with Crippen LogP contribution in [0, 0.1) is 12.7 Å². The van der Waals surface area contributed by atoms with Crippen molar-refractivity contribution in [1.29, 1.82) is 0 Å². The average molecular weight is 511 g/mol. The monoisotopic (exact) mass is 510 g/mol. The molecule has 2 heterocycles. The number of esters is 1. The van der Waals surface area contributed by atoms with Crippen molar-refractivity contribution < 1.29 is 33.4 Å². The summed E-state index contributed by atoms with van der Waals surface area (Å²) in [7, 11) is 0. The quantitative estimate of drug-likeness (QED) is 0.211. The Morgan fingerprint density at radius 3 is 2.53 bits per heavy atom. The van der Waals surface area contributed by atoms with Crippen LogP contribution in [0.5, 0.6) is 5.75 Å². The molecule has 1 atom stereocenters. The molecule has 1 aliphatic rings. The highest BCUT2D eigenvalue weighted by Crippen LogP contribution is 2.44. The van der Waals surface area contributed by atoms with Gasteiger partial charge in [0.25, 0.3) is 5.78 Å². The van der Waals surface area contributed by atoms with Gasteiger partial charge in [-0.05, 0) is 62.7 Å². The Kier molecular flexibility index (Phi) is 7.16. The Morgan fingerprint density at radius 2 is 1.86 bits per heavy atom. The Hall–Kier alpha value is -4.05. The third kappa shape index (κ3) is 4.59. The van der Waals surface area contributed by atoms with Crippen molar-refractivity contribution in [2.45, 2.75) is 26.8 Å². The lowest BCUT2D eigenvalue weighted by atomic mass is 9.95. The maximum atomic E-state index is 13.5. The van der Waals surface area contributed by atoms with Gasteiger partial charge in [-0.25, -0.2) is 14.2 Å². The molecule has 1 aromatic heterocycles. The maximum absolute atomic E-state index is 13.5. The van der Waals surface area contributed by atoms with Gasteiger partial charge in [-0.15, -0.1) is 0 Å². The highest BCUT2D eigenvalue weighted by Gasteiger charge is 2.48. The highest BCUT2D eigenvalue weighted by atomic mass is 32.1. The summed E-state index contributed by atoms with van der Waals surface area (Å²) >= 11 is 0.917. The first-order valence-corrected chi connectivity index (χ1v) is 12.0. The van der Waals surface area contributed by atoms with Gasteiger partial charge in [-0.1, -0.05) is 23.5 Å². The molecule has 1 aliphatic heterocycles. The SMILES string of the molecule is CCOC(=O)c1sc(N2C(=O)C(=O)/C(=C(/O)c3ccc(F)cc3)C2c2cccc(OCC)c2)nc1C. The number of nitrogens with zero attached hydrogens (tertiary/aromatic N) is 2. The summed E-state index contributed by atoms with van der Waals surface area (Å²) in [5, 5.41) is 11.2. The van der Waals surface area contributed by atoms with Crippen LogP contribution in [0.15, 0.2) is 54.1 Å². The van der Waals surface area contributed by atoms with Gasteiger partial charge < -0.3 is 14.6 Å². The molecule has 3 aromatic rings. The number of hydrogen-bond acceptors (Lipinski definition) is 8. The standard InChI is InChI=1S/C26H23FN2O6S/c1-4-34-18-8-6-7-16(13-18)20-19(21(30)15-9-11-17(27)12-10-15)22(31)24(32)29(20)26-28-14(3)23(36-26)25(33)35-5-2/h6-13,20,30H,4-5H2,1-3H3/b21-19+. The van der Waals surface area contributed by atoms with Gasteiger partial charge in [0.1, 0.15) is 22.2 Å². The van der Waals surface area contributed by atoms with Crippen LogP contribution >= 0.6 is 11.3 Å². The number of aliphatic hydroxyl groups excluding tert-OH is 1. The molecule has 186 valence electrons. The Bertz CT molecular complexity index is 1370.